The van der Waals surface area contributed by atoms with E-state index >= 15 is 0 Å². The van der Waals surface area contributed by atoms with E-state index < -0.39 is 5.97 Å². The fourth-order valence-corrected chi connectivity index (χ4v) is 2.64. The Morgan fingerprint density at radius 1 is 0.963 bits per heavy atom. The maximum atomic E-state index is 12.5. The lowest BCUT2D eigenvalue weighted by molar-refractivity contribution is 0.0330. The Hall–Kier alpha value is -2.99. The summed E-state index contributed by atoms with van der Waals surface area (Å²) in [7, 11) is 0. The molecule has 1 N–H and O–H groups in total. The van der Waals surface area contributed by atoms with E-state index in [1.165, 1.54) is 5.56 Å². The summed E-state index contributed by atoms with van der Waals surface area (Å²) >= 11 is 0. The largest absolute Gasteiger partial charge is 0.458 e. The van der Waals surface area contributed by atoms with Crippen LogP contribution in [0.15, 0.2) is 54.6 Å². The maximum Gasteiger partial charge on any atom is 0.360 e. The van der Waals surface area contributed by atoms with E-state index in [4.69, 9.17) is 9.47 Å². The smallest absolute Gasteiger partial charge is 0.360 e. The van der Waals surface area contributed by atoms with Gasteiger partial charge in [0.15, 0.2) is 11.5 Å². The molecule has 0 aliphatic carbocycles. The fraction of sp³-hybridized carbons (Fsp3) is 0.286. The molecule has 0 amide bonds. The molecule has 0 saturated heterocycles. The van der Waals surface area contributed by atoms with E-state index in [1.807, 2.05) is 49.4 Å². The van der Waals surface area contributed by atoms with Gasteiger partial charge in [-0.05, 0) is 31.0 Å². The highest BCUT2D eigenvalue weighted by Crippen LogP contribution is 2.18. The first-order valence-corrected chi connectivity index (χ1v) is 9.07. The number of nitrogens with zero attached hydrogens (tertiary/aromatic N) is 2. The summed E-state index contributed by atoms with van der Waals surface area (Å²) in [4.78, 5) is 21.5. The van der Waals surface area contributed by atoms with Crippen LogP contribution in [-0.2, 0) is 15.9 Å². The lowest BCUT2D eigenvalue weighted by Gasteiger charge is -2.12. The fourth-order valence-electron chi connectivity index (χ4n) is 2.64. The first-order valence-electron chi connectivity index (χ1n) is 9.07. The summed E-state index contributed by atoms with van der Waals surface area (Å²) in [6.07, 6.45) is 0.814. The molecule has 0 unspecified atom stereocenters. The highest BCUT2D eigenvalue weighted by Gasteiger charge is 2.18. The van der Waals surface area contributed by atoms with Gasteiger partial charge < -0.3 is 14.8 Å². The summed E-state index contributed by atoms with van der Waals surface area (Å²) < 4.78 is 10.5. The third-order valence-corrected chi connectivity index (χ3v) is 3.98. The zero-order valence-corrected chi connectivity index (χ0v) is 15.4. The number of aromatic nitrogens is 2. The van der Waals surface area contributed by atoms with E-state index in [0.29, 0.717) is 31.1 Å². The summed E-state index contributed by atoms with van der Waals surface area (Å²) in [5.41, 5.74) is 2.78. The summed E-state index contributed by atoms with van der Waals surface area (Å²) in [5, 5.41) is 3.23. The topological polar surface area (TPSA) is 73.3 Å². The Morgan fingerprint density at radius 2 is 1.67 bits per heavy atom. The van der Waals surface area contributed by atoms with Gasteiger partial charge in [-0.15, -0.1) is 0 Å². The van der Waals surface area contributed by atoms with Gasteiger partial charge in [-0.1, -0.05) is 42.5 Å². The maximum absolute atomic E-state index is 12.5. The second kappa shape index (κ2) is 9.64. The van der Waals surface area contributed by atoms with Crippen LogP contribution in [0.2, 0.25) is 0 Å². The SMILES string of the molecule is CCOCCOC(=O)c1nc2ccccc2nc1NCCc1ccccc1. The lowest BCUT2D eigenvalue weighted by Crippen LogP contribution is -2.17. The Bertz CT molecular complexity index is 884. The average Bonchev–Trinajstić information content (AvgIpc) is 2.71. The quantitative estimate of drug-likeness (QED) is 0.462. The minimum atomic E-state index is -0.504. The van der Waals surface area contributed by atoms with Crippen LogP contribution in [0.5, 0.6) is 0 Å². The van der Waals surface area contributed by atoms with Gasteiger partial charge in [0, 0.05) is 13.2 Å². The molecular formula is C21H23N3O3. The van der Waals surface area contributed by atoms with Crippen molar-refractivity contribution in [3.8, 4) is 0 Å². The lowest BCUT2D eigenvalue weighted by atomic mass is 10.1. The van der Waals surface area contributed by atoms with Crippen molar-refractivity contribution in [3.05, 3.63) is 65.9 Å². The third-order valence-electron chi connectivity index (χ3n) is 3.98. The number of fused-ring (bicyclic) bond motifs is 1. The number of rotatable bonds is 9. The number of anilines is 1. The van der Waals surface area contributed by atoms with E-state index in [2.05, 4.69) is 27.4 Å². The minimum absolute atomic E-state index is 0.185. The zero-order chi connectivity index (χ0) is 18.9. The number of esters is 1. The second-order valence-corrected chi connectivity index (χ2v) is 5.90. The Labute approximate surface area is 158 Å². The van der Waals surface area contributed by atoms with Gasteiger partial charge in [0.25, 0.3) is 0 Å². The van der Waals surface area contributed by atoms with Gasteiger partial charge in [0.2, 0.25) is 0 Å². The minimum Gasteiger partial charge on any atom is -0.458 e. The van der Waals surface area contributed by atoms with Crippen LogP contribution in [0.1, 0.15) is 23.0 Å². The highest BCUT2D eigenvalue weighted by molar-refractivity contribution is 5.95. The molecule has 6 nitrogen and oxygen atoms in total. The van der Waals surface area contributed by atoms with Crippen molar-refractivity contribution < 1.29 is 14.3 Å². The van der Waals surface area contributed by atoms with Crippen LogP contribution in [0, 0.1) is 0 Å². The van der Waals surface area contributed by atoms with Crippen molar-refractivity contribution in [1.29, 1.82) is 0 Å². The number of nitrogens with one attached hydrogen (secondary N) is 1. The summed E-state index contributed by atoms with van der Waals surface area (Å²) in [6.45, 7) is 3.66. The molecule has 2 aromatic carbocycles. The molecule has 0 spiro atoms. The second-order valence-electron chi connectivity index (χ2n) is 5.90. The molecule has 0 saturated carbocycles. The van der Waals surface area contributed by atoms with Gasteiger partial charge >= 0.3 is 5.97 Å². The molecule has 6 heteroatoms. The molecule has 0 aliphatic heterocycles. The van der Waals surface area contributed by atoms with Gasteiger partial charge in [-0.3, -0.25) is 0 Å². The van der Waals surface area contributed by atoms with Gasteiger partial charge in [0.1, 0.15) is 6.61 Å². The van der Waals surface area contributed by atoms with Crippen LogP contribution in [0.3, 0.4) is 0 Å². The molecular weight excluding hydrogens is 342 g/mol. The van der Waals surface area contributed by atoms with Crippen LogP contribution in [-0.4, -0.2) is 42.3 Å². The molecule has 3 aromatic rings. The van der Waals surface area contributed by atoms with Crippen molar-refractivity contribution in [1.82, 2.24) is 9.97 Å². The van der Waals surface area contributed by atoms with E-state index in [0.717, 1.165) is 11.9 Å². The highest BCUT2D eigenvalue weighted by atomic mass is 16.6. The van der Waals surface area contributed by atoms with Crippen LogP contribution >= 0.6 is 0 Å². The molecule has 1 heterocycles. The number of carbonyl (C=O) groups is 1. The zero-order valence-electron chi connectivity index (χ0n) is 15.4. The average molecular weight is 365 g/mol. The Morgan fingerprint density at radius 3 is 2.41 bits per heavy atom. The number of ether oxygens (including phenoxy) is 2. The molecule has 0 radical (unpaired) electrons. The molecule has 0 aliphatic rings. The molecule has 1 aromatic heterocycles. The predicted molar refractivity (Wildman–Crippen MR) is 105 cm³/mol. The van der Waals surface area contributed by atoms with Crippen molar-refractivity contribution in [2.75, 3.05) is 31.7 Å². The molecule has 0 bridgehead atoms. The summed E-state index contributed by atoms with van der Waals surface area (Å²) in [5.74, 6) is -0.0683. The monoisotopic (exact) mass is 365 g/mol. The Kier molecular flexibility index (Phi) is 6.71. The third kappa shape index (κ3) is 5.24. The molecule has 140 valence electrons. The van der Waals surface area contributed by atoms with E-state index in [-0.39, 0.29) is 12.3 Å². The number of benzene rings is 2. The molecule has 0 fully saturated rings. The number of carbonyl (C=O) groups excluding carboxylic acids is 1. The van der Waals surface area contributed by atoms with Gasteiger partial charge in [-0.25, -0.2) is 14.8 Å². The van der Waals surface area contributed by atoms with Crippen molar-refractivity contribution in [3.63, 3.8) is 0 Å². The summed E-state index contributed by atoms with van der Waals surface area (Å²) in [6, 6.07) is 17.6. The molecule has 0 atom stereocenters. The Balaban J connectivity index is 1.75. The van der Waals surface area contributed by atoms with Crippen molar-refractivity contribution in [2.45, 2.75) is 13.3 Å². The van der Waals surface area contributed by atoms with Crippen molar-refractivity contribution in [2.24, 2.45) is 0 Å². The van der Waals surface area contributed by atoms with E-state index in [9.17, 15) is 4.79 Å². The van der Waals surface area contributed by atoms with Gasteiger partial charge in [0.05, 0.1) is 17.6 Å². The normalized spacial score (nSPS) is 10.7. The van der Waals surface area contributed by atoms with E-state index in [1.54, 1.807) is 0 Å². The first-order chi connectivity index (χ1) is 13.3. The van der Waals surface area contributed by atoms with Gasteiger partial charge in [-0.2, -0.15) is 0 Å². The van der Waals surface area contributed by atoms with Crippen molar-refractivity contribution >= 4 is 22.8 Å². The predicted octanol–water partition coefficient (Wildman–Crippen LogP) is 3.48. The van der Waals surface area contributed by atoms with Crippen LogP contribution in [0.25, 0.3) is 11.0 Å². The standard InChI is InChI=1S/C21H23N3O3/c1-2-26-14-15-27-21(25)19-20(22-13-12-16-8-4-3-5-9-16)24-18-11-7-6-10-17(18)23-19/h3-11H,2,12-15H2,1H3,(H,22,24). The molecule has 3 rings (SSSR count). The van der Waals surface area contributed by atoms with Crippen LogP contribution in [0.4, 0.5) is 5.82 Å². The molecule has 27 heavy (non-hydrogen) atoms. The first kappa shape index (κ1) is 18.8. The van der Waals surface area contributed by atoms with Crippen LogP contribution < -0.4 is 5.32 Å². The number of hydrogen-bond acceptors (Lipinski definition) is 6. The number of para-hydroxylation sites is 2. The number of hydrogen-bond donors (Lipinski definition) is 1.